The van der Waals surface area contributed by atoms with Gasteiger partial charge in [-0.25, -0.2) is 8.42 Å². The summed E-state index contributed by atoms with van der Waals surface area (Å²) in [5.41, 5.74) is 4.58. The maximum Gasteiger partial charge on any atom is 0.243 e. The number of rotatable bonds is 9. The van der Waals surface area contributed by atoms with Crippen LogP contribution >= 0.6 is 11.6 Å². The zero-order valence-corrected chi connectivity index (χ0v) is 24.8. The number of aryl methyl sites for hydroxylation is 1. The maximum atomic E-state index is 14.1. The van der Waals surface area contributed by atoms with Gasteiger partial charge < -0.3 is 19.5 Å². The zero-order valence-electron chi connectivity index (χ0n) is 23.3. The molecule has 1 N–H and O–H groups in total. The van der Waals surface area contributed by atoms with Gasteiger partial charge in [0, 0.05) is 30.6 Å². The third-order valence-corrected chi connectivity index (χ3v) is 9.30. The first-order valence-corrected chi connectivity index (χ1v) is 15.1. The third kappa shape index (κ3) is 6.62. The molecule has 7 nitrogen and oxygen atoms in total. The number of nitrogens with one attached hydrogen (secondary N) is 1. The Labute approximate surface area is 246 Å². The number of ether oxygens (including phenoxy) is 3. The summed E-state index contributed by atoms with van der Waals surface area (Å²) in [4.78, 5) is 0.190. The smallest absolute Gasteiger partial charge is 0.243 e. The normalized spacial score (nSPS) is 14.9. The highest BCUT2D eigenvalue weighted by molar-refractivity contribution is 7.89. The maximum absolute atomic E-state index is 14.1. The molecule has 41 heavy (non-hydrogen) atoms. The Morgan fingerprint density at radius 1 is 0.878 bits per heavy atom. The van der Waals surface area contributed by atoms with E-state index in [0.717, 1.165) is 22.3 Å². The van der Waals surface area contributed by atoms with Gasteiger partial charge in [0.15, 0.2) is 0 Å². The number of nitrogens with zero attached hydrogens (tertiary/aromatic N) is 1. The number of fused-ring (bicyclic) bond motifs is 1. The highest BCUT2D eigenvalue weighted by Crippen LogP contribution is 2.35. The van der Waals surface area contributed by atoms with E-state index in [4.69, 9.17) is 25.8 Å². The zero-order chi connectivity index (χ0) is 29.0. The minimum absolute atomic E-state index is 0.0846. The fraction of sp³-hybridized carbons (Fsp3) is 0.250. The first kappa shape index (κ1) is 28.8. The molecule has 0 aliphatic carbocycles. The van der Waals surface area contributed by atoms with Gasteiger partial charge in [-0.05, 0) is 83.8 Å². The lowest BCUT2D eigenvalue weighted by molar-refractivity contribution is 0.300. The molecule has 4 aromatic rings. The van der Waals surface area contributed by atoms with Gasteiger partial charge in [0.2, 0.25) is 10.0 Å². The van der Waals surface area contributed by atoms with Crippen molar-refractivity contribution >= 4 is 27.3 Å². The van der Waals surface area contributed by atoms with Gasteiger partial charge in [0.25, 0.3) is 0 Å². The average molecular weight is 593 g/mol. The second-order valence-corrected chi connectivity index (χ2v) is 12.4. The van der Waals surface area contributed by atoms with E-state index >= 15 is 0 Å². The molecule has 0 spiro atoms. The Morgan fingerprint density at radius 3 is 2.05 bits per heavy atom. The molecule has 1 aliphatic heterocycles. The molecule has 4 aromatic carbocycles. The number of sulfonamides is 1. The summed E-state index contributed by atoms with van der Waals surface area (Å²) in [5, 5.41) is 4.12. The van der Waals surface area contributed by atoms with Crippen molar-refractivity contribution in [2.45, 2.75) is 30.8 Å². The van der Waals surface area contributed by atoms with Gasteiger partial charge in [-0.15, -0.1) is 0 Å². The Kier molecular flexibility index (Phi) is 8.73. The van der Waals surface area contributed by atoms with E-state index in [0.29, 0.717) is 41.1 Å². The van der Waals surface area contributed by atoms with Crippen LogP contribution in [-0.2, 0) is 23.1 Å². The fourth-order valence-corrected chi connectivity index (χ4v) is 6.63. The van der Waals surface area contributed by atoms with E-state index in [1.807, 2.05) is 73.7 Å². The Morgan fingerprint density at radius 2 is 1.49 bits per heavy atom. The van der Waals surface area contributed by atoms with Gasteiger partial charge in [-0.3, -0.25) is 0 Å². The van der Waals surface area contributed by atoms with Crippen LogP contribution in [0.1, 0.15) is 28.2 Å². The van der Waals surface area contributed by atoms with Crippen molar-refractivity contribution in [3.63, 3.8) is 0 Å². The predicted molar refractivity (Wildman–Crippen MR) is 162 cm³/mol. The van der Waals surface area contributed by atoms with Crippen molar-refractivity contribution in [1.82, 2.24) is 4.31 Å². The van der Waals surface area contributed by atoms with E-state index in [9.17, 15) is 8.42 Å². The standard InChI is InChI=1S/C32H33ClN2O5S/c1-22-16-26(33)8-14-30(22)25-18-34-31-17-29(13-15-32(31)40-21-25)41(36,37)35(19-23-4-9-27(38-2)10-5-23)20-24-6-11-28(39-3)12-7-24/h4-17,25,34H,18-21H2,1-3H3/t25-/m0/s1. The summed E-state index contributed by atoms with van der Waals surface area (Å²) >= 11 is 6.16. The lowest BCUT2D eigenvalue weighted by atomic mass is 9.95. The average Bonchev–Trinajstić information content (AvgIpc) is 3.20. The highest BCUT2D eigenvalue weighted by Gasteiger charge is 2.28. The Bertz CT molecular complexity index is 1560. The minimum atomic E-state index is -3.89. The first-order valence-electron chi connectivity index (χ1n) is 13.3. The summed E-state index contributed by atoms with van der Waals surface area (Å²) in [6.07, 6.45) is 0. The van der Waals surface area contributed by atoms with Crippen molar-refractivity contribution in [2.24, 2.45) is 0 Å². The molecule has 214 valence electrons. The van der Waals surface area contributed by atoms with Crippen LogP contribution in [0.5, 0.6) is 17.2 Å². The number of methoxy groups -OCH3 is 2. The second-order valence-electron chi connectivity index (χ2n) is 10.0. The number of anilines is 1. The summed E-state index contributed by atoms with van der Waals surface area (Å²) in [7, 11) is -0.688. The molecule has 0 unspecified atom stereocenters. The van der Waals surface area contributed by atoms with Crippen molar-refractivity contribution in [3.8, 4) is 17.2 Å². The van der Waals surface area contributed by atoms with Gasteiger partial charge in [-0.1, -0.05) is 41.9 Å². The van der Waals surface area contributed by atoms with Gasteiger partial charge >= 0.3 is 0 Å². The van der Waals surface area contributed by atoms with E-state index in [1.54, 1.807) is 32.4 Å². The van der Waals surface area contributed by atoms with Crippen LogP contribution in [0.4, 0.5) is 5.69 Å². The molecule has 0 saturated carbocycles. The molecule has 1 heterocycles. The number of halogens is 1. The summed E-state index contributed by atoms with van der Waals surface area (Å²) in [6, 6.07) is 25.7. The van der Waals surface area contributed by atoms with Crippen LogP contribution in [0.15, 0.2) is 89.8 Å². The van der Waals surface area contributed by atoms with Crippen LogP contribution in [-0.4, -0.2) is 40.1 Å². The van der Waals surface area contributed by atoms with Gasteiger partial charge in [0.05, 0.1) is 31.4 Å². The van der Waals surface area contributed by atoms with E-state index in [1.165, 1.54) is 4.31 Å². The topological polar surface area (TPSA) is 77.1 Å². The lowest BCUT2D eigenvalue weighted by Gasteiger charge is -2.23. The summed E-state index contributed by atoms with van der Waals surface area (Å²) in [5.74, 6) is 2.13. The summed E-state index contributed by atoms with van der Waals surface area (Å²) in [6.45, 7) is 3.48. The van der Waals surface area contributed by atoms with Crippen LogP contribution in [0, 0.1) is 6.92 Å². The van der Waals surface area contributed by atoms with Crippen molar-refractivity contribution in [2.75, 3.05) is 32.7 Å². The largest absolute Gasteiger partial charge is 0.497 e. The molecule has 5 rings (SSSR count). The molecule has 1 atom stereocenters. The van der Waals surface area contributed by atoms with Crippen molar-refractivity contribution in [3.05, 3.63) is 112 Å². The molecule has 0 aromatic heterocycles. The van der Waals surface area contributed by atoms with E-state index in [-0.39, 0.29) is 23.9 Å². The highest BCUT2D eigenvalue weighted by atomic mass is 35.5. The van der Waals surface area contributed by atoms with Crippen LogP contribution in [0.2, 0.25) is 5.02 Å². The molecule has 1 aliphatic rings. The van der Waals surface area contributed by atoms with E-state index in [2.05, 4.69) is 5.32 Å². The molecule has 0 amide bonds. The molecule has 0 bridgehead atoms. The first-order chi connectivity index (χ1) is 19.8. The minimum Gasteiger partial charge on any atom is -0.497 e. The monoisotopic (exact) mass is 592 g/mol. The number of benzene rings is 4. The molecule has 0 radical (unpaired) electrons. The van der Waals surface area contributed by atoms with Gasteiger partial charge in [-0.2, -0.15) is 4.31 Å². The Balaban J connectivity index is 1.42. The molecular formula is C32H33ClN2O5S. The van der Waals surface area contributed by atoms with Crippen molar-refractivity contribution < 1.29 is 22.6 Å². The third-order valence-electron chi connectivity index (χ3n) is 7.28. The summed E-state index contributed by atoms with van der Waals surface area (Å²) < 4.78 is 46.4. The Hall–Kier alpha value is -3.72. The fourth-order valence-electron chi connectivity index (χ4n) is 4.96. The SMILES string of the molecule is COc1ccc(CN(Cc2ccc(OC)cc2)S(=O)(=O)c2ccc3c(c2)NC[C@H](c2ccc(Cl)cc2C)CO3)cc1. The number of hydrogen-bond acceptors (Lipinski definition) is 6. The van der Waals surface area contributed by atoms with Crippen molar-refractivity contribution in [1.29, 1.82) is 0 Å². The second kappa shape index (κ2) is 12.4. The molecule has 9 heteroatoms. The quantitative estimate of drug-likeness (QED) is 0.235. The van der Waals surface area contributed by atoms with E-state index < -0.39 is 10.0 Å². The molecule has 0 fully saturated rings. The molecular weight excluding hydrogens is 560 g/mol. The lowest BCUT2D eigenvalue weighted by Crippen LogP contribution is -2.30. The van der Waals surface area contributed by atoms with Crippen LogP contribution in [0.3, 0.4) is 0 Å². The predicted octanol–water partition coefficient (Wildman–Crippen LogP) is 6.64. The number of hydrogen-bond donors (Lipinski definition) is 1. The molecule has 0 saturated heterocycles. The van der Waals surface area contributed by atoms with Crippen LogP contribution in [0.25, 0.3) is 0 Å². The van der Waals surface area contributed by atoms with Gasteiger partial charge in [0.1, 0.15) is 17.2 Å². The van der Waals surface area contributed by atoms with Crippen LogP contribution < -0.4 is 19.5 Å².